The van der Waals surface area contributed by atoms with E-state index in [-0.39, 0.29) is 11.5 Å². The number of hydrogen-bond acceptors (Lipinski definition) is 6. The molecular formula is C19H11N3O3S2. The minimum Gasteiger partial charge on any atom is -0.478 e. The van der Waals surface area contributed by atoms with E-state index in [1.165, 1.54) is 28.8 Å². The van der Waals surface area contributed by atoms with E-state index in [0.29, 0.717) is 14.9 Å². The molecule has 2 aromatic carbocycles. The maximum Gasteiger partial charge on any atom is 0.335 e. The maximum absolute atomic E-state index is 12.8. The Kier molecular flexibility index (Phi) is 4.43. The van der Waals surface area contributed by atoms with Crippen LogP contribution in [0, 0.1) is 0 Å². The number of aromatic nitrogens is 2. The summed E-state index contributed by atoms with van der Waals surface area (Å²) in [4.78, 5) is 34.3. The van der Waals surface area contributed by atoms with Gasteiger partial charge in [0, 0.05) is 12.4 Å². The third-order valence-corrected chi connectivity index (χ3v) is 5.24. The van der Waals surface area contributed by atoms with Crippen LogP contribution in [0.4, 0.5) is 5.69 Å². The van der Waals surface area contributed by atoms with Gasteiger partial charge in [0.05, 0.1) is 27.2 Å². The molecule has 1 aromatic heterocycles. The molecule has 6 nitrogen and oxygen atoms in total. The Bertz CT molecular complexity index is 1140. The van der Waals surface area contributed by atoms with Crippen molar-refractivity contribution >= 4 is 63.0 Å². The monoisotopic (exact) mass is 393 g/mol. The first-order valence-corrected chi connectivity index (χ1v) is 9.07. The predicted molar refractivity (Wildman–Crippen MR) is 109 cm³/mol. The van der Waals surface area contributed by atoms with E-state index in [4.69, 9.17) is 17.3 Å². The molecule has 0 unspecified atom stereocenters. The van der Waals surface area contributed by atoms with Crippen molar-refractivity contribution in [1.82, 2.24) is 9.97 Å². The zero-order valence-corrected chi connectivity index (χ0v) is 15.3. The van der Waals surface area contributed by atoms with Gasteiger partial charge in [-0.25, -0.2) is 4.79 Å². The molecule has 27 heavy (non-hydrogen) atoms. The van der Waals surface area contributed by atoms with Gasteiger partial charge in [0.2, 0.25) is 0 Å². The predicted octanol–water partition coefficient (Wildman–Crippen LogP) is 3.73. The summed E-state index contributed by atoms with van der Waals surface area (Å²) in [5, 5.41) is 9.15. The Morgan fingerprint density at radius 3 is 2.67 bits per heavy atom. The molecule has 0 spiro atoms. The minimum absolute atomic E-state index is 0.0960. The molecule has 0 bridgehead atoms. The summed E-state index contributed by atoms with van der Waals surface area (Å²) in [5.74, 6) is -1.35. The Labute approximate surface area is 163 Å². The summed E-state index contributed by atoms with van der Waals surface area (Å²) in [6.45, 7) is 0. The number of carbonyl (C=O) groups excluding carboxylic acids is 1. The van der Waals surface area contributed by atoms with E-state index >= 15 is 0 Å². The van der Waals surface area contributed by atoms with Crippen LogP contribution in [0.1, 0.15) is 15.9 Å². The van der Waals surface area contributed by atoms with Gasteiger partial charge in [-0.1, -0.05) is 36.1 Å². The lowest BCUT2D eigenvalue weighted by atomic mass is 10.1. The number of carbonyl (C=O) groups is 2. The van der Waals surface area contributed by atoms with Gasteiger partial charge in [-0.15, -0.1) is 0 Å². The van der Waals surface area contributed by atoms with Gasteiger partial charge in [-0.05, 0) is 42.0 Å². The van der Waals surface area contributed by atoms with Crippen molar-refractivity contribution in [3.63, 3.8) is 0 Å². The second kappa shape index (κ2) is 6.90. The molecule has 0 saturated carbocycles. The number of nitrogens with zero attached hydrogens (tertiary/aromatic N) is 3. The van der Waals surface area contributed by atoms with Crippen LogP contribution in [0.2, 0.25) is 0 Å². The molecule has 0 atom stereocenters. The first-order valence-electron chi connectivity index (χ1n) is 7.85. The van der Waals surface area contributed by atoms with Crippen molar-refractivity contribution in [2.75, 3.05) is 4.90 Å². The van der Waals surface area contributed by atoms with E-state index in [0.717, 1.165) is 16.6 Å². The maximum atomic E-state index is 12.8. The zero-order chi connectivity index (χ0) is 19.0. The van der Waals surface area contributed by atoms with Crippen LogP contribution in [0.3, 0.4) is 0 Å². The molecule has 1 N–H and O–H groups in total. The first-order chi connectivity index (χ1) is 13.0. The number of thiocarbonyl (C=S) groups is 1. The van der Waals surface area contributed by atoms with Crippen molar-refractivity contribution in [2.45, 2.75) is 0 Å². The van der Waals surface area contributed by atoms with Crippen LogP contribution in [-0.4, -0.2) is 31.3 Å². The third kappa shape index (κ3) is 3.32. The van der Waals surface area contributed by atoms with Crippen LogP contribution in [0.25, 0.3) is 17.1 Å². The Hall–Kier alpha value is -3.10. The average molecular weight is 393 g/mol. The standard InChI is InChI=1S/C19H11N3O3S2/c23-17-16(9-11-4-5-14-15(8-11)21-7-6-20-14)27-19(26)22(17)13-3-1-2-12(10-13)18(24)25/h1-10H,(H,24,25)/b16-9-. The Balaban J connectivity index is 1.68. The van der Waals surface area contributed by atoms with Gasteiger partial charge in [-0.3, -0.25) is 19.7 Å². The highest BCUT2D eigenvalue weighted by Gasteiger charge is 2.33. The van der Waals surface area contributed by atoms with Crippen LogP contribution in [-0.2, 0) is 4.79 Å². The normalized spacial score (nSPS) is 15.7. The first kappa shape index (κ1) is 17.3. The summed E-state index contributed by atoms with van der Waals surface area (Å²) in [7, 11) is 0. The average Bonchev–Trinajstić information content (AvgIpc) is 2.95. The fourth-order valence-corrected chi connectivity index (χ4v) is 3.99. The number of amides is 1. The van der Waals surface area contributed by atoms with Gasteiger partial charge in [0.25, 0.3) is 5.91 Å². The number of hydrogen-bond donors (Lipinski definition) is 1. The fraction of sp³-hybridized carbons (Fsp3) is 0. The third-order valence-electron chi connectivity index (χ3n) is 3.94. The molecule has 1 amide bonds. The molecule has 0 radical (unpaired) electrons. The molecule has 132 valence electrons. The molecule has 1 aliphatic heterocycles. The molecule has 1 aliphatic rings. The minimum atomic E-state index is -1.06. The Morgan fingerprint density at radius 1 is 1.11 bits per heavy atom. The van der Waals surface area contributed by atoms with Gasteiger partial charge in [0.15, 0.2) is 4.32 Å². The summed E-state index contributed by atoms with van der Waals surface area (Å²) in [6.07, 6.45) is 4.98. The number of aromatic carboxylic acids is 1. The van der Waals surface area contributed by atoms with E-state index in [1.54, 1.807) is 30.6 Å². The molecule has 2 heterocycles. The largest absolute Gasteiger partial charge is 0.478 e. The fourth-order valence-electron chi connectivity index (χ4n) is 2.69. The highest BCUT2D eigenvalue weighted by atomic mass is 32.2. The van der Waals surface area contributed by atoms with E-state index in [1.807, 2.05) is 18.2 Å². The second-order valence-corrected chi connectivity index (χ2v) is 7.35. The summed E-state index contributed by atoms with van der Waals surface area (Å²) in [6, 6.07) is 11.7. The Morgan fingerprint density at radius 2 is 1.89 bits per heavy atom. The van der Waals surface area contributed by atoms with Gasteiger partial charge < -0.3 is 5.11 Å². The SMILES string of the molecule is O=C(O)c1cccc(N2C(=O)/C(=C/c3ccc4nccnc4c3)SC2=S)c1. The van der Waals surface area contributed by atoms with Crippen molar-refractivity contribution in [3.05, 3.63) is 70.9 Å². The van der Waals surface area contributed by atoms with Crippen molar-refractivity contribution < 1.29 is 14.7 Å². The van der Waals surface area contributed by atoms with Crippen LogP contribution < -0.4 is 4.90 Å². The van der Waals surface area contributed by atoms with Crippen LogP contribution in [0.5, 0.6) is 0 Å². The quantitative estimate of drug-likeness (QED) is 0.536. The van der Waals surface area contributed by atoms with Crippen molar-refractivity contribution in [2.24, 2.45) is 0 Å². The van der Waals surface area contributed by atoms with Crippen molar-refractivity contribution in [1.29, 1.82) is 0 Å². The smallest absolute Gasteiger partial charge is 0.335 e. The van der Waals surface area contributed by atoms with Crippen molar-refractivity contribution in [3.8, 4) is 0 Å². The van der Waals surface area contributed by atoms with Crippen LogP contribution >= 0.6 is 24.0 Å². The van der Waals surface area contributed by atoms with Gasteiger partial charge in [-0.2, -0.15) is 0 Å². The highest BCUT2D eigenvalue weighted by Crippen LogP contribution is 2.36. The number of anilines is 1. The van der Waals surface area contributed by atoms with Gasteiger partial charge in [0.1, 0.15) is 0 Å². The zero-order valence-electron chi connectivity index (χ0n) is 13.7. The summed E-state index contributed by atoms with van der Waals surface area (Å²) >= 11 is 6.51. The van der Waals surface area contributed by atoms with Gasteiger partial charge >= 0.3 is 5.97 Å². The lowest BCUT2D eigenvalue weighted by Gasteiger charge is -2.14. The van der Waals surface area contributed by atoms with E-state index < -0.39 is 5.97 Å². The molecule has 8 heteroatoms. The number of benzene rings is 2. The molecule has 1 saturated heterocycles. The highest BCUT2D eigenvalue weighted by molar-refractivity contribution is 8.27. The topological polar surface area (TPSA) is 83.4 Å². The number of fused-ring (bicyclic) bond motifs is 1. The van der Waals surface area contributed by atoms with E-state index in [9.17, 15) is 9.59 Å². The number of carboxylic acid groups (broad SMARTS) is 1. The lowest BCUT2D eigenvalue weighted by molar-refractivity contribution is -0.113. The number of carboxylic acids is 1. The summed E-state index contributed by atoms with van der Waals surface area (Å²) < 4.78 is 0.356. The molecule has 4 rings (SSSR count). The second-order valence-electron chi connectivity index (χ2n) is 5.68. The molecular weight excluding hydrogens is 382 g/mol. The van der Waals surface area contributed by atoms with Crippen LogP contribution in [0.15, 0.2) is 59.8 Å². The number of rotatable bonds is 3. The molecule has 3 aromatic rings. The number of thioether (sulfide) groups is 1. The summed E-state index contributed by atoms with van der Waals surface area (Å²) in [5.41, 5.74) is 2.84. The lowest BCUT2D eigenvalue weighted by Crippen LogP contribution is -2.27. The molecule has 0 aliphatic carbocycles. The molecule has 1 fully saturated rings. The van der Waals surface area contributed by atoms with E-state index in [2.05, 4.69) is 9.97 Å².